The summed E-state index contributed by atoms with van der Waals surface area (Å²) >= 11 is 0. The number of imidazole rings is 1. The van der Waals surface area contributed by atoms with Crippen molar-refractivity contribution >= 4 is 22.8 Å². The molecule has 2 N–H and O–H groups in total. The van der Waals surface area contributed by atoms with Gasteiger partial charge in [0.1, 0.15) is 5.60 Å². The number of aromatic nitrogens is 2. The fourth-order valence-corrected chi connectivity index (χ4v) is 3.16. The van der Waals surface area contributed by atoms with Crippen LogP contribution in [-0.2, 0) is 14.3 Å². The minimum Gasteiger partial charge on any atom is -0.382 e. The van der Waals surface area contributed by atoms with E-state index in [0.717, 1.165) is 11.0 Å². The highest BCUT2D eigenvalue weighted by molar-refractivity contribution is 5.97. The Morgan fingerprint density at radius 2 is 2.32 bits per heavy atom. The van der Waals surface area contributed by atoms with E-state index < -0.39 is 5.60 Å². The van der Waals surface area contributed by atoms with Crippen molar-refractivity contribution in [2.75, 3.05) is 40.5 Å². The van der Waals surface area contributed by atoms with Gasteiger partial charge in [-0.2, -0.15) is 0 Å². The second-order valence-corrected chi connectivity index (χ2v) is 6.18. The summed E-state index contributed by atoms with van der Waals surface area (Å²) in [6.45, 7) is 1.37. The van der Waals surface area contributed by atoms with Crippen LogP contribution in [0.3, 0.4) is 0 Å². The SMILES string of the molecule is CNC(=O)CC1(COC)CN(C(=O)c2ccc3nc[nH]c3c2)CCO1. The minimum atomic E-state index is -0.832. The summed E-state index contributed by atoms with van der Waals surface area (Å²) in [6.07, 6.45) is 1.74. The molecule has 1 unspecified atom stereocenters. The summed E-state index contributed by atoms with van der Waals surface area (Å²) in [7, 11) is 3.14. The number of methoxy groups -OCH3 is 1. The Hall–Kier alpha value is -2.45. The first-order chi connectivity index (χ1) is 12.1. The van der Waals surface area contributed by atoms with Gasteiger partial charge < -0.3 is 24.7 Å². The van der Waals surface area contributed by atoms with Crippen LogP contribution in [0, 0.1) is 0 Å². The molecule has 0 spiro atoms. The zero-order chi connectivity index (χ0) is 17.9. The number of morpholine rings is 1. The van der Waals surface area contributed by atoms with Crippen molar-refractivity contribution in [3.05, 3.63) is 30.1 Å². The summed E-state index contributed by atoms with van der Waals surface area (Å²) < 4.78 is 11.1. The van der Waals surface area contributed by atoms with E-state index in [2.05, 4.69) is 15.3 Å². The van der Waals surface area contributed by atoms with Crippen LogP contribution in [0.15, 0.2) is 24.5 Å². The van der Waals surface area contributed by atoms with Crippen molar-refractivity contribution in [3.63, 3.8) is 0 Å². The molecule has 8 heteroatoms. The lowest BCUT2D eigenvalue weighted by molar-refractivity contribution is -0.150. The number of nitrogens with zero attached hydrogens (tertiary/aromatic N) is 2. The first-order valence-electron chi connectivity index (χ1n) is 8.13. The van der Waals surface area contributed by atoms with Crippen LogP contribution in [-0.4, -0.2) is 72.7 Å². The van der Waals surface area contributed by atoms with Gasteiger partial charge in [0, 0.05) is 26.3 Å². The van der Waals surface area contributed by atoms with Gasteiger partial charge in [0.2, 0.25) is 5.91 Å². The Bertz CT molecular complexity index is 771. The first kappa shape index (κ1) is 17.4. The van der Waals surface area contributed by atoms with Gasteiger partial charge in [-0.1, -0.05) is 0 Å². The topological polar surface area (TPSA) is 96.5 Å². The maximum absolute atomic E-state index is 12.9. The molecule has 0 bridgehead atoms. The highest BCUT2D eigenvalue weighted by Crippen LogP contribution is 2.24. The molecule has 2 heterocycles. The molecular formula is C17H22N4O4. The second kappa shape index (κ2) is 7.20. The third-order valence-electron chi connectivity index (χ3n) is 4.37. The number of hydrogen-bond acceptors (Lipinski definition) is 5. The number of nitrogens with one attached hydrogen (secondary N) is 2. The molecule has 1 aromatic heterocycles. The van der Waals surface area contributed by atoms with Crippen LogP contribution in [0.25, 0.3) is 11.0 Å². The number of H-pyrrole nitrogens is 1. The summed E-state index contributed by atoms with van der Waals surface area (Å²) in [4.78, 5) is 33.6. The van der Waals surface area contributed by atoms with Crippen molar-refractivity contribution in [2.24, 2.45) is 0 Å². The summed E-state index contributed by atoms with van der Waals surface area (Å²) in [5, 5.41) is 2.60. The monoisotopic (exact) mass is 346 g/mol. The molecule has 1 aliphatic heterocycles. The van der Waals surface area contributed by atoms with E-state index in [4.69, 9.17) is 9.47 Å². The third-order valence-corrected chi connectivity index (χ3v) is 4.37. The number of carbonyl (C=O) groups excluding carboxylic acids is 2. The zero-order valence-electron chi connectivity index (χ0n) is 14.4. The lowest BCUT2D eigenvalue weighted by Crippen LogP contribution is -2.57. The highest BCUT2D eigenvalue weighted by Gasteiger charge is 2.40. The van der Waals surface area contributed by atoms with Gasteiger partial charge in [-0.05, 0) is 18.2 Å². The van der Waals surface area contributed by atoms with Gasteiger partial charge in [-0.3, -0.25) is 9.59 Å². The molecule has 1 atom stereocenters. The Morgan fingerprint density at radius 3 is 3.08 bits per heavy atom. The fourth-order valence-electron chi connectivity index (χ4n) is 3.16. The van der Waals surface area contributed by atoms with Gasteiger partial charge >= 0.3 is 0 Å². The van der Waals surface area contributed by atoms with Gasteiger partial charge in [0.05, 0.1) is 43.5 Å². The summed E-state index contributed by atoms with van der Waals surface area (Å²) in [5.74, 6) is -0.248. The summed E-state index contributed by atoms with van der Waals surface area (Å²) in [6, 6.07) is 5.36. The largest absolute Gasteiger partial charge is 0.382 e. The average Bonchev–Trinajstić information content (AvgIpc) is 3.09. The van der Waals surface area contributed by atoms with E-state index in [1.54, 1.807) is 37.5 Å². The fraction of sp³-hybridized carbons (Fsp3) is 0.471. The smallest absolute Gasteiger partial charge is 0.254 e. The number of ether oxygens (including phenoxy) is 2. The molecule has 1 saturated heterocycles. The molecule has 2 amide bonds. The lowest BCUT2D eigenvalue weighted by Gasteiger charge is -2.42. The van der Waals surface area contributed by atoms with Crippen LogP contribution in [0.5, 0.6) is 0 Å². The normalized spacial score (nSPS) is 20.6. The molecule has 3 rings (SSSR count). The highest BCUT2D eigenvalue weighted by atomic mass is 16.5. The second-order valence-electron chi connectivity index (χ2n) is 6.18. The predicted octanol–water partition coefficient (Wildman–Crippen LogP) is 0.557. The van der Waals surface area contributed by atoms with E-state index in [9.17, 15) is 9.59 Å². The molecule has 25 heavy (non-hydrogen) atoms. The summed E-state index contributed by atoms with van der Waals surface area (Å²) in [5.41, 5.74) is 1.37. The van der Waals surface area contributed by atoms with E-state index in [1.165, 1.54) is 0 Å². The Labute approximate surface area is 145 Å². The third kappa shape index (κ3) is 3.64. The molecule has 2 aromatic rings. The van der Waals surface area contributed by atoms with Crippen molar-refractivity contribution in [2.45, 2.75) is 12.0 Å². The first-order valence-corrected chi connectivity index (χ1v) is 8.13. The molecule has 8 nitrogen and oxygen atoms in total. The van der Waals surface area contributed by atoms with Gasteiger partial charge in [-0.15, -0.1) is 0 Å². The van der Waals surface area contributed by atoms with E-state index in [-0.39, 0.29) is 24.8 Å². The average molecular weight is 346 g/mol. The van der Waals surface area contributed by atoms with Crippen molar-refractivity contribution in [1.29, 1.82) is 0 Å². The van der Waals surface area contributed by atoms with Crippen molar-refractivity contribution < 1.29 is 19.1 Å². The molecule has 1 aliphatic rings. The van der Waals surface area contributed by atoms with E-state index >= 15 is 0 Å². The molecule has 0 saturated carbocycles. The number of carbonyl (C=O) groups is 2. The van der Waals surface area contributed by atoms with E-state index in [0.29, 0.717) is 25.3 Å². The number of amides is 2. The molecule has 0 radical (unpaired) electrons. The number of fused-ring (bicyclic) bond motifs is 1. The Morgan fingerprint density at radius 1 is 1.48 bits per heavy atom. The molecule has 0 aliphatic carbocycles. The molecular weight excluding hydrogens is 324 g/mol. The molecule has 1 aromatic carbocycles. The minimum absolute atomic E-state index is 0.0998. The Balaban J connectivity index is 1.80. The molecule has 1 fully saturated rings. The quantitative estimate of drug-likeness (QED) is 0.824. The van der Waals surface area contributed by atoms with Crippen LogP contribution < -0.4 is 5.32 Å². The standard InChI is InChI=1S/C17H22N4O4/c1-18-15(22)8-17(10-24-2)9-21(5-6-25-17)16(23)12-3-4-13-14(7-12)20-11-19-13/h3-4,7,11H,5-6,8-10H2,1-2H3,(H,18,22)(H,19,20). The number of rotatable bonds is 5. The van der Waals surface area contributed by atoms with Crippen LogP contribution >= 0.6 is 0 Å². The molecule has 134 valence electrons. The van der Waals surface area contributed by atoms with Crippen molar-refractivity contribution in [1.82, 2.24) is 20.2 Å². The van der Waals surface area contributed by atoms with Crippen LogP contribution in [0.2, 0.25) is 0 Å². The van der Waals surface area contributed by atoms with Gasteiger partial charge in [0.15, 0.2) is 0 Å². The van der Waals surface area contributed by atoms with Gasteiger partial charge in [0.25, 0.3) is 5.91 Å². The number of aromatic amines is 1. The maximum Gasteiger partial charge on any atom is 0.254 e. The number of hydrogen-bond donors (Lipinski definition) is 2. The number of benzene rings is 1. The maximum atomic E-state index is 12.9. The van der Waals surface area contributed by atoms with E-state index in [1.807, 2.05) is 6.07 Å². The van der Waals surface area contributed by atoms with Crippen molar-refractivity contribution in [3.8, 4) is 0 Å². The Kier molecular flexibility index (Phi) is 5.00. The zero-order valence-corrected chi connectivity index (χ0v) is 14.4. The van der Waals surface area contributed by atoms with Crippen LogP contribution in [0.1, 0.15) is 16.8 Å². The lowest BCUT2D eigenvalue weighted by atomic mass is 9.96. The van der Waals surface area contributed by atoms with Gasteiger partial charge in [-0.25, -0.2) is 4.98 Å². The predicted molar refractivity (Wildman–Crippen MR) is 91.2 cm³/mol. The van der Waals surface area contributed by atoms with Crippen LogP contribution in [0.4, 0.5) is 0 Å².